The van der Waals surface area contributed by atoms with Crippen LogP contribution in [0.2, 0.25) is 0 Å². The Labute approximate surface area is 133 Å². The summed E-state index contributed by atoms with van der Waals surface area (Å²) in [5, 5.41) is 10.3. The van der Waals surface area contributed by atoms with Crippen LogP contribution in [0.5, 0.6) is 5.75 Å². The molecule has 1 aliphatic rings. The van der Waals surface area contributed by atoms with E-state index in [4.69, 9.17) is 0 Å². The zero-order valence-corrected chi connectivity index (χ0v) is 14.4. The molecule has 2 rings (SSSR count). The van der Waals surface area contributed by atoms with Crippen LogP contribution in [0.4, 0.5) is 0 Å². The van der Waals surface area contributed by atoms with E-state index in [1.54, 1.807) is 6.07 Å². The van der Waals surface area contributed by atoms with Gasteiger partial charge in [-0.05, 0) is 40.2 Å². The van der Waals surface area contributed by atoms with Crippen molar-refractivity contribution in [2.45, 2.75) is 77.9 Å². The van der Waals surface area contributed by atoms with E-state index in [0.717, 1.165) is 17.8 Å². The van der Waals surface area contributed by atoms with Gasteiger partial charge in [0.25, 0.3) is 0 Å². The molecule has 4 nitrogen and oxygen atoms in total. The minimum Gasteiger partial charge on any atom is -0.503 e. The smallest absolute Gasteiger partial charge is 0.223 e. The van der Waals surface area contributed by atoms with Crippen LogP contribution in [0.1, 0.15) is 69.8 Å². The second-order valence-corrected chi connectivity index (χ2v) is 6.78. The summed E-state index contributed by atoms with van der Waals surface area (Å²) < 4.78 is 2.13. The Balaban J connectivity index is 2.33. The normalized spacial score (nSPS) is 17.9. The van der Waals surface area contributed by atoms with Crippen molar-refractivity contribution >= 4 is 0 Å². The monoisotopic (exact) mass is 306 g/mol. The van der Waals surface area contributed by atoms with Crippen LogP contribution in [0.3, 0.4) is 0 Å². The first-order valence-electron chi connectivity index (χ1n) is 8.59. The summed E-state index contributed by atoms with van der Waals surface area (Å²) in [5.41, 5.74) is 1.45. The van der Waals surface area contributed by atoms with E-state index in [1.165, 1.54) is 32.1 Å². The first-order valence-corrected chi connectivity index (χ1v) is 8.59. The van der Waals surface area contributed by atoms with Crippen molar-refractivity contribution in [3.63, 3.8) is 0 Å². The van der Waals surface area contributed by atoms with Gasteiger partial charge in [0.05, 0.1) is 5.69 Å². The summed E-state index contributed by atoms with van der Waals surface area (Å²) in [4.78, 5) is 14.3. The minimum absolute atomic E-state index is 0.0754. The second-order valence-electron chi connectivity index (χ2n) is 6.78. The fourth-order valence-corrected chi connectivity index (χ4v) is 3.63. The van der Waals surface area contributed by atoms with Crippen molar-refractivity contribution in [3.8, 4) is 5.75 Å². The lowest BCUT2D eigenvalue weighted by Crippen LogP contribution is -2.34. The number of pyridine rings is 1. The van der Waals surface area contributed by atoms with Crippen molar-refractivity contribution in [3.05, 3.63) is 27.7 Å². The SMILES string of the molecule is CCC(C)n1c(C)cc(=O)c(O)c1CN(C)C1CCCCC1. The Hall–Kier alpha value is -1.29. The highest BCUT2D eigenvalue weighted by Crippen LogP contribution is 2.27. The van der Waals surface area contributed by atoms with E-state index >= 15 is 0 Å². The molecule has 1 unspecified atom stereocenters. The van der Waals surface area contributed by atoms with Gasteiger partial charge in [-0.3, -0.25) is 9.69 Å². The number of hydrogen-bond donors (Lipinski definition) is 1. The Morgan fingerprint density at radius 1 is 1.36 bits per heavy atom. The molecular weight excluding hydrogens is 276 g/mol. The number of aromatic hydroxyl groups is 1. The Morgan fingerprint density at radius 2 is 2.00 bits per heavy atom. The zero-order valence-electron chi connectivity index (χ0n) is 14.4. The molecule has 0 radical (unpaired) electrons. The fraction of sp³-hybridized carbons (Fsp3) is 0.722. The lowest BCUT2D eigenvalue weighted by Gasteiger charge is -2.33. The maximum Gasteiger partial charge on any atom is 0.223 e. The summed E-state index contributed by atoms with van der Waals surface area (Å²) in [7, 11) is 2.11. The summed E-state index contributed by atoms with van der Waals surface area (Å²) in [6.07, 6.45) is 7.31. The van der Waals surface area contributed by atoms with Gasteiger partial charge in [0.15, 0.2) is 5.75 Å². The van der Waals surface area contributed by atoms with E-state index in [2.05, 4.69) is 30.4 Å². The Bertz CT molecular complexity index is 559. The van der Waals surface area contributed by atoms with Crippen molar-refractivity contribution in [2.24, 2.45) is 0 Å². The predicted octanol–water partition coefficient (Wildman–Crippen LogP) is 3.60. The van der Waals surface area contributed by atoms with Gasteiger partial charge in [-0.2, -0.15) is 0 Å². The number of aryl methyl sites for hydroxylation is 1. The van der Waals surface area contributed by atoms with Crippen LogP contribution < -0.4 is 5.43 Å². The van der Waals surface area contributed by atoms with Gasteiger partial charge in [0, 0.05) is 30.4 Å². The topological polar surface area (TPSA) is 45.5 Å². The highest BCUT2D eigenvalue weighted by atomic mass is 16.3. The van der Waals surface area contributed by atoms with E-state index < -0.39 is 0 Å². The van der Waals surface area contributed by atoms with Crippen LogP contribution >= 0.6 is 0 Å². The summed E-state index contributed by atoms with van der Waals surface area (Å²) in [6, 6.07) is 2.39. The van der Waals surface area contributed by atoms with Gasteiger partial charge < -0.3 is 9.67 Å². The number of aromatic nitrogens is 1. The molecule has 0 aromatic carbocycles. The van der Waals surface area contributed by atoms with Crippen LogP contribution in [0, 0.1) is 6.92 Å². The average molecular weight is 306 g/mol. The van der Waals surface area contributed by atoms with Gasteiger partial charge in [-0.1, -0.05) is 26.2 Å². The maximum absolute atomic E-state index is 12.0. The molecule has 1 aromatic rings. The van der Waals surface area contributed by atoms with Crippen LogP contribution in [-0.4, -0.2) is 27.7 Å². The number of rotatable bonds is 5. The molecule has 124 valence electrons. The number of hydrogen-bond acceptors (Lipinski definition) is 3. The minimum atomic E-state index is -0.260. The number of nitrogens with zero attached hydrogens (tertiary/aromatic N) is 2. The van der Waals surface area contributed by atoms with Crippen molar-refractivity contribution in [1.29, 1.82) is 0 Å². The van der Waals surface area contributed by atoms with Crippen molar-refractivity contribution in [2.75, 3.05) is 7.05 Å². The first kappa shape index (κ1) is 17.1. The fourth-order valence-electron chi connectivity index (χ4n) is 3.63. The Kier molecular flexibility index (Phi) is 5.68. The molecule has 22 heavy (non-hydrogen) atoms. The summed E-state index contributed by atoms with van der Waals surface area (Å²) in [5.74, 6) is -0.0754. The highest BCUT2D eigenvalue weighted by molar-refractivity contribution is 5.30. The second kappa shape index (κ2) is 7.32. The van der Waals surface area contributed by atoms with E-state index in [9.17, 15) is 9.90 Å². The van der Waals surface area contributed by atoms with Crippen LogP contribution in [0.15, 0.2) is 10.9 Å². The molecule has 1 saturated carbocycles. The molecule has 1 fully saturated rings. The molecule has 1 N–H and O–H groups in total. The van der Waals surface area contributed by atoms with E-state index in [-0.39, 0.29) is 17.2 Å². The summed E-state index contributed by atoms with van der Waals surface area (Å²) >= 11 is 0. The first-order chi connectivity index (χ1) is 10.5. The maximum atomic E-state index is 12.0. The molecule has 0 aliphatic heterocycles. The molecule has 1 atom stereocenters. The third-order valence-electron chi connectivity index (χ3n) is 5.15. The molecule has 1 aromatic heterocycles. The Morgan fingerprint density at radius 3 is 2.59 bits per heavy atom. The van der Waals surface area contributed by atoms with Crippen molar-refractivity contribution in [1.82, 2.24) is 9.47 Å². The molecular formula is C18H30N2O2. The molecule has 0 bridgehead atoms. The predicted molar refractivity (Wildman–Crippen MR) is 90.4 cm³/mol. The zero-order chi connectivity index (χ0) is 16.3. The van der Waals surface area contributed by atoms with Gasteiger partial charge in [0.2, 0.25) is 5.43 Å². The third-order valence-corrected chi connectivity index (χ3v) is 5.15. The molecule has 0 spiro atoms. The lowest BCUT2D eigenvalue weighted by atomic mass is 9.94. The van der Waals surface area contributed by atoms with Gasteiger partial charge in [0.1, 0.15) is 0 Å². The van der Waals surface area contributed by atoms with E-state index in [1.807, 2.05) is 6.92 Å². The van der Waals surface area contributed by atoms with Crippen LogP contribution in [-0.2, 0) is 6.54 Å². The van der Waals surface area contributed by atoms with Crippen LogP contribution in [0.25, 0.3) is 0 Å². The average Bonchev–Trinajstić information content (AvgIpc) is 2.52. The summed E-state index contributed by atoms with van der Waals surface area (Å²) in [6.45, 7) is 6.86. The molecule has 0 saturated heterocycles. The quantitative estimate of drug-likeness (QED) is 0.904. The third kappa shape index (κ3) is 3.54. The molecule has 4 heteroatoms. The largest absolute Gasteiger partial charge is 0.503 e. The highest BCUT2D eigenvalue weighted by Gasteiger charge is 2.22. The van der Waals surface area contributed by atoms with Gasteiger partial charge in [-0.25, -0.2) is 0 Å². The standard InChI is InChI=1S/C18H30N2O2/c1-5-13(2)20-14(3)11-17(21)18(22)16(20)12-19(4)15-9-7-6-8-10-15/h11,13,15,22H,5-10,12H2,1-4H3. The molecule has 1 heterocycles. The van der Waals surface area contributed by atoms with Gasteiger partial charge in [-0.15, -0.1) is 0 Å². The van der Waals surface area contributed by atoms with Crippen molar-refractivity contribution < 1.29 is 5.11 Å². The van der Waals surface area contributed by atoms with E-state index in [0.29, 0.717) is 12.6 Å². The van der Waals surface area contributed by atoms with Gasteiger partial charge >= 0.3 is 0 Å². The molecule has 0 amide bonds. The molecule has 1 aliphatic carbocycles. The lowest BCUT2D eigenvalue weighted by molar-refractivity contribution is 0.177.